The van der Waals surface area contributed by atoms with E-state index in [9.17, 15) is 9.18 Å². The predicted octanol–water partition coefficient (Wildman–Crippen LogP) is 3.05. The van der Waals surface area contributed by atoms with Crippen LogP contribution >= 0.6 is 27.5 Å². The molecule has 1 N–H and O–H groups in total. The molecule has 1 amide bonds. The molecule has 1 aromatic carbocycles. The second-order valence-electron chi connectivity index (χ2n) is 3.09. The molecule has 5 heteroatoms. The fourth-order valence-corrected chi connectivity index (χ4v) is 1.53. The lowest BCUT2D eigenvalue weighted by Gasteiger charge is -2.14. The van der Waals surface area contributed by atoms with Gasteiger partial charge in [0.2, 0.25) is 5.91 Å². The molecule has 1 unspecified atom stereocenters. The molecule has 15 heavy (non-hydrogen) atoms. The summed E-state index contributed by atoms with van der Waals surface area (Å²) < 4.78 is 13.4. The Bertz CT molecular complexity index is 372. The molecule has 2 nitrogen and oxygen atoms in total. The number of amides is 1. The first-order valence-corrected chi connectivity index (χ1v) is 5.85. The van der Waals surface area contributed by atoms with Gasteiger partial charge in [0.1, 0.15) is 5.82 Å². The minimum Gasteiger partial charge on any atom is -0.349 e. The highest BCUT2D eigenvalue weighted by Crippen LogP contribution is 2.20. The molecule has 1 atom stereocenters. The van der Waals surface area contributed by atoms with Gasteiger partial charge in [-0.05, 0) is 19.1 Å². The maximum Gasteiger partial charge on any atom is 0.231 e. The van der Waals surface area contributed by atoms with Crippen LogP contribution in [-0.2, 0) is 4.79 Å². The Morgan fingerprint density at radius 1 is 1.67 bits per heavy atom. The van der Waals surface area contributed by atoms with Crippen LogP contribution in [0.1, 0.15) is 18.5 Å². The van der Waals surface area contributed by atoms with Crippen LogP contribution in [0, 0.1) is 5.82 Å². The van der Waals surface area contributed by atoms with Gasteiger partial charge in [0.15, 0.2) is 0 Å². The van der Waals surface area contributed by atoms with Crippen LogP contribution in [0.15, 0.2) is 18.2 Å². The average molecular weight is 295 g/mol. The normalized spacial score (nSPS) is 12.3. The molecule has 1 aromatic rings. The Morgan fingerprint density at radius 2 is 2.33 bits per heavy atom. The molecule has 0 heterocycles. The second kappa shape index (κ2) is 5.47. The molecule has 0 spiro atoms. The van der Waals surface area contributed by atoms with Crippen LogP contribution in [0.2, 0.25) is 5.02 Å². The third-order valence-corrected chi connectivity index (χ3v) is 2.67. The summed E-state index contributed by atoms with van der Waals surface area (Å²) in [4.78, 5) is 11.1. The molecule has 1 rings (SSSR count). The van der Waals surface area contributed by atoms with E-state index in [1.165, 1.54) is 6.07 Å². The van der Waals surface area contributed by atoms with E-state index in [2.05, 4.69) is 21.2 Å². The lowest BCUT2D eigenvalue weighted by Crippen LogP contribution is -2.27. The van der Waals surface area contributed by atoms with Crippen LogP contribution in [0.5, 0.6) is 0 Å². The molecule has 0 aliphatic rings. The molecule has 0 aliphatic carbocycles. The number of carbonyl (C=O) groups is 1. The minimum absolute atomic E-state index is 0.183. The highest BCUT2D eigenvalue weighted by molar-refractivity contribution is 9.09. The fourth-order valence-electron chi connectivity index (χ4n) is 1.21. The lowest BCUT2D eigenvalue weighted by atomic mass is 10.1. The summed E-state index contributed by atoms with van der Waals surface area (Å²) in [5.41, 5.74) is 0.425. The van der Waals surface area contributed by atoms with Crippen molar-refractivity contribution < 1.29 is 9.18 Å². The van der Waals surface area contributed by atoms with Crippen LogP contribution < -0.4 is 5.32 Å². The number of benzene rings is 1. The van der Waals surface area contributed by atoms with Crippen LogP contribution in [0.4, 0.5) is 4.39 Å². The van der Waals surface area contributed by atoms with Gasteiger partial charge < -0.3 is 5.32 Å². The molecule has 0 aliphatic heterocycles. The number of rotatable bonds is 3. The predicted molar refractivity (Wildman–Crippen MR) is 61.8 cm³/mol. The van der Waals surface area contributed by atoms with Gasteiger partial charge in [-0.1, -0.05) is 33.6 Å². The maximum absolute atomic E-state index is 13.4. The summed E-state index contributed by atoms with van der Waals surface area (Å²) in [6, 6.07) is 4.02. The van der Waals surface area contributed by atoms with Crippen molar-refractivity contribution in [1.29, 1.82) is 0 Å². The van der Waals surface area contributed by atoms with E-state index < -0.39 is 5.82 Å². The van der Waals surface area contributed by atoms with Gasteiger partial charge in [-0.2, -0.15) is 0 Å². The standard InChI is InChI=1S/C10H10BrClFNO/c1-6(14-10(15)5-11)8-3-2-7(12)4-9(8)13/h2-4,6H,5H2,1H3,(H,14,15). The summed E-state index contributed by atoms with van der Waals surface area (Å²) in [5.74, 6) is -0.596. The molecule has 0 saturated carbocycles. The molecule has 82 valence electrons. The van der Waals surface area contributed by atoms with Crippen molar-refractivity contribution in [3.63, 3.8) is 0 Å². The Hall–Kier alpha value is -0.610. The molecule has 0 aromatic heterocycles. The fraction of sp³-hybridized carbons (Fsp3) is 0.300. The minimum atomic E-state index is -0.412. The summed E-state index contributed by atoms with van der Waals surface area (Å²) >= 11 is 8.64. The second-order valence-corrected chi connectivity index (χ2v) is 4.09. The number of hydrogen-bond acceptors (Lipinski definition) is 1. The molecular formula is C10H10BrClFNO. The van der Waals surface area contributed by atoms with Gasteiger partial charge in [-0.15, -0.1) is 0 Å². The van der Waals surface area contributed by atoms with Crippen molar-refractivity contribution in [3.05, 3.63) is 34.6 Å². The third kappa shape index (κ3) is 3.47. The van der Waals surface area contributed by atoms with E-state index in [0.29, 0.717) is 10.6 Å². The molecule has 0 radical (unpaired) electrons. The number of hydrogen-bond donors (Lipinski definition) is 1. The van der Waals surface area contributed by atoms with E-state index >= 15 is 0 Å². The third-order valence-electron chi connectivity index (χ3n) is 1.93. The summed E-state index contributed by atoms with van der Waals surface area (Å²) in [6.07, 6.45) is 0. The Morgan fingerprint density at radius 3 is 2.87 bits per heavy atom. The van der Waals surface area contributed by atoms with Crippen molar-refractivity contribution in [2.75, 3.05) is 5.33 Å². The SMILES string of the molecule is CC(NC(=O)CBr)c1ccc(Cl)cc1F. The highest BCUT2D eigenvalue weighted by Gasteiger charge is 2.12. The summed E-state index contributed by atoms with van der Waals surface area (Å²) in [6.45, 7) is 1.72. The smallest absolute Gasteiger partial charge is 0.231 e. The first-order chi connectivity index (χ1) is 7.04. The molecule has 0 fully saturated rings. The Kier molecular flexibility index (Phi) is 4.54. The Balaban J connectivity index is 2.82. The topological polar surface area (TPSA) is 29.1 Å². The van der Waals surface area contributed by atoms with Crippen LogP contribution in [0.25, 0.3) is 0 Å². The molecular weight excluding hydrogens is 284 g/mol. The van der Waals surface area contributed by atoms with Gasteiger partial charge in [-0.25, -0.2) is 4.39 Å². The van der Waals surface area contributed by atoms with Crippen LogP contribution in [0.3, 0.4) is 0 Å². The monoisotopic (exact) mass is 293 g/mol. The zero-order valence-corrected chi connectivity index (χ0v) is 10.4. The largest absolute Gasteiger partial charge is 0.349 e. The van der Waals surface area contributed by atoms with Crippen molar-refractivity contribution in [1.82, 2.24) is 5.32 Å². The number of nitrogens with one attached hydrogen (secondary N) is 1. The maximum atomic E-state index is 13.4. The van der Waals surface area contributed by atoms with Gasteiger partial charge in [0, 0.05) is 10.6 Å². The zero-order valence-electron chi connectivity index (χ0n) is 8.06. The summed E-state index contributed by atoms with van der Waals surface area (Å²) in [5, 5.41) is 3.18. The Labute approximate surface area is 101 Å². The van der Waals surface area contributed by atoms with Crippen molar-refractivity contribution in [2.24, 2.45) is 0 Å². The first-order valence-electron chi connectivity index (χ1n) is 4.35. The van der Waals surface area contributed by atoms with Gasteiger partial charge >= 0.3 is 0 Å². The van der Waals surface area contributed by atoms with Crippen molar-refractivity contribution >= 4 is 33.4 Å². The number of alkyl halides is 1. The number of halogens is 3. The van der Waals surface area contributed by atoms with E-state index in [1.54, 1.807) is 19.1 Å². The highest BCUT2D eigenvalue weighted by atomic mass is 79.9. The van der Waals surface area contributed by atoms with Gasteiger partial charge in [-0.3, -0.25) is 4.79 Å². The zero-order chi connectivity index (χ0) is 11.4. The molecule has 0 saturated heterocycles. The quantitative estimate of drug-likeness (QED) is 0.853. The van der Waals surface area contributed by atoms with Crippen LogP contribution in [-0.4, -0.2) is 11.2 Å². The average Bonchev–Trinajstić information content (AvgIpc) is 2.17. The van der Waals surface area contributed by atoms with E-state index in [0.717, 1.165) is 0 Å². The number of carbonyl (C=O) groups excluding carboxylic acids is 1. The van der Waals surface area contributed by atoms with E-state index in [-0.39, 0.29) is 17.3 Å². The lowest BCUT2D eigenvalue weighted by molar-refractivity contribution is -0.119. The van der Waals surface area contributed by atoms with E-state index in [4.69, 9.17) is 11.6 Å². The molecule has 0 bridgehead atoms. The van der Waals surface area contributed by atoms with Crippen molar-refractivity contribution in [2.45, 2.75) is 13.0 Å². The summed E-state index contributed by atoms with van der Waals surface area (Å²) in [7, 11) is 0. The van der Waals surface area contributed by atoms with Crippen molar-refractivity contribution in [3.8, 4) is 0 Å². The van der Waals surface area contributed by atoms with Gasteiger partial charge in [0.25, 0.3) is 0 Å². The van der Waals surface area contributed by atoms with E-state index in [1.807, 2.05) is 0 Å². The van der Waals surface area contributed by atoms with Gasteiger partial charge in [0.05, 0.1) is 11.4 Å². The first kappa shape index (κ1) is 12.5.